The van der Waals surface area contributed by atoms with Crippen LogP contribution >= 0.6 is 0 Å². The number of carbonyl (C=O) groups excluding carboxylic acids is 1. The summed E-state index contributed by atoms with van der Waals surface area (Å²) in [4.78, 5) is 23.6. The summed E-state index contributed by atoms with van der Waals surface area (Å²) in [5.74, 6) is 1.04. The van der Waals surface area contributed by atoms with Crippen molar-refractivity contribution >= 4 is 17.5 Å². The molecule has 2 aromatic rings. The maximum atomic E-state index is 12.6. The number of nitrogens with one attached hydrogen (secondary N) is 1. The van der Waals surface area contributed by atoms with Gasteiger partial charge in [-0.1, -0.05) is 31.0 Å². The zero-order valence-corrected chi connectivity index (χ0v) is 19.1. The number of benzene rings is 1. The quantitative estimate of drug-likeness (QED) is 0.748. The molecule has 32 heavy (non-hydrogen) atoms. The van der Waals surface area contributed by atoms with E-state index in [4.69, 9.17) is 4.74 Å². The van der Waals surface area contributed by atoms with Gasteiger partial charge in [-0.25, -0.2) is 9.78 Å². The van der Waals surface area contributed by atoms with E-state index >= 15 is 0 Å². The minimum atomic E-state index is -0.0844. The number of hydrogen-bond acceptors (Lipinski definition) is 5. The molecule has 2 amide bonds. The van der Waals surface area contributed by atoms with Crippen molar-refractivity contribution in [2.24, 2.45) is 0 Å². The van der Waals surface area contributed by atoms with Crippen LogP contribution in [0.4, 0.5) is 16.3 Å². The van der Waals surface area contributed by atoms with Gasteiger partial charge in [0.25, 0.3) is 0 Å². The monoisotopic (exact) mass is 437 g/mol. The molecule has 0 unspecified atom stereocenters. The van der Waals surface area contributed by atoms with Crippen LogP contribution in [0.3, 0.4) is 0 Å². The zero-order valence-electron chi connectivity index (χ0n) is 19.1. The molecule has 0 bridgehead atoms. The van der Waals surface area contributed by atoms with E-state index in [2.05, 4.69) is 56.5 Å². The first-order chi connectivity index (χ1) is 15.7. The Balaban J connectivity index is 1.23. The van der Waals surface area contributed by atoms with Crippen molar-refractivity contribution in [3.8, 4) is 0 Å². The van der Waals surface area contributed by atoms with E-state index in [9.17, 15) is 4.79 Å². The lowest BCUT2D eigenvalue weighted by atomic mass is 10.2. The molecule has 1 N–H and O–H groups in total. The van der Waals surface area contributed by atoms with Gasteiger partial charge < -0.3 is 24.8 Å². The number of aromatic nitrogens is 1. The smallest absolute Gasteiger partial charge is 0.317 e. The van der Waals surface area contributed by atoms with Crippen molar-refractivity contribution in [3.63, 3.8) is 0 Å². The Kier molecular flexibility index (Phi) is 7.82. The Morgan fingerprint density at radius 1 is 0.938 bits per heavy atom. The molecule has 2 fully saturated rings. The highest BCUT2D eigenvalue weighted by molar-refractivity contribution is 5.73. The first-order valence-electron chi connectivity index (χ1n) is 11.8. The average molecular weight is 438 g/mol. The molecule has 2 aliphatic rings. The van der Waals surface area contributed by atoms with Gasteiger partial charge in [-0.2, -0.15) is 0 Å². The summed E-state index contributed by atoms with van der Waals surface area (Å²) in [6, 6.07) is 12.5. The van der Waals surface area contributed by atoms with E-state index in [1.807, 2.05) is 13.2 Å². The standard InChI is InChI=1S/C25H35N5O2/c1-28(20-21-6-9-23(10-7-21)29-14-16-32-17-15-29)25(31)27-19-22-8-11-24(26-18-22)30-12-4-2-3-5-13-30/h6-11,18H,2-5,12-17,19-20H2,1H3,(H,27,31). The summed E-state index contributed by atoms with van der Waals surface area (Å²) in [5, 5.41) is 3.00. The minimum Gasteiger partial charge on any atom is -0.378 e. The van der Waals surface area contributed by atoms with E-state index < -0.39 is 0 Å². The van der Waals surface area contributed by atoms with Gasteiger partial charge in [0.05, 0.1) is 13.2 Å². The number of hydrogen-bond donors (Lipinski definition) is 1. The molecular weight excluding hydrogens is 402 g/mol. The molecule has 7 nitrogen and oxygen atoms in total. The van der Waals surface area contributed by atoms with Crippen LogP contribution in [0.5, 0.6) is 0 Å². The van der Waals surface area contributed by atoms with E-state index in [1.54, 1.807) is 4.90 Å². The molecule has 0 aliphatic carbocycles. The van der Waals surface area contributed by atoms with Crippen molar-refractivity contribution in [1.29, 1.82) is 0 Å². The number of amides is 2. The second-order valence-electron chi connectivity index (χ2n) is 8.71. The molecule has 0 spiro atoms. The number of carbonyl (C=O) groups is 1. The van der Waals surface area contributed by atoms with E-state index in [0.717, 1.165) is 56.3 Å². The minimum absolute atomic E-state index is 0.0844. The number of rotatable bonds is 6. The van der Waals surface area contributed by atoms with E-state index in [1.165, 1.54) is 31.4 Å². The molecular formula is C25H35N5O2. The third-order valence-corrected chi connectivity index (χ3v) is 6.26. The Labute approximate surface area is 191 Å². The lowest BCUT2D eigenvalue weighted by Crippen LogP contribution is -2.36. The Hall–Kier alpha value is -2.80. The van der Waals surface area contributed by atoms with Gasteiger partial charge in [-0.15, -0.1) is 0 Å². The number of ether oxygens (including phenoxy) is 1. The van der Waals surface area contributed by atoms with Crippen LogP contribution < -0.4 is 15.1 Å². The van der Waals surface area contributed by atoms with Gasteiger partial charge in [0.15, 0.2) is 0 Å². The van der Waals surface area contributed by atoms with Gasteiger partial charge in [-0.05, 0) is 42.2 Å². The maximum Gasteiger partial charge on any atom is 0.317 e. The molecule has 1 aromatic carbocycles. The van der Waals surface area contributed by atoms with Crippen molar-refractivity contribution in [2.75, 3.05) is 56.2 Å². The number of urea groups is 1. The second kappa shape index (κ2) is 11.2. The van der Waals surface area contributed by atoms with Crippen molar-refractivity contribution < 1.29 is 9.53 Å². The molecule has 3 heterocycles. The summed E-state index contributed by atoms with van der Waals surface area (Å²) < 4.78 is 5.42. The molecule has 172 valence electrons. The van der Waals surface area contributed by atoms with Crippen LogP contribution in [0.15, 0.2) is 42.6 Å². The Morgan fingerprint density at radius 2 is 1.62 bits per heavy atom. The van der Waals surface area contributed by atoms with E-state index in [0.29, 0.717) is 13.1 Å². The van der Waals surface area contributed by atoms with Gasteiger partial charge in [0.2, 0.25) is 0 Å². The van der Waals surface area contributed by atoms with Gasteiger partial charge >= 0.3 is 6.03 Å². The fraction of sp³-hybridized carbons (Fsp3) is 0.520. The summed E-state index contributed by atoms with van der Waals surface area (Å²) >= 11 is 0. The van der Waals surface area contributed by atoms with Gasteiger partial charge in [-0.3, -0.25) is 0 Å². The first kappa shape index (κ1) is 22.4. The lowest BCUT2D eigenvalue weighted by Gasteiger charge is -2.29. The highest BCUT2D eigenvalue weighted by atomic mass is 16.5. The molecule has 2 aliphatic heterocycles. The normalized spacial score (nSPS) is 17.0. The van der Waals surface area contributed by atoms with Crippen LogP contribution in [0.1, 0.15) is 36.8 Å². The van der Waals surface area contributed by atoms with Crippen LogP contribution in [-0.4, -0.2) is 62.4 Å². The molecule has 4 rings (SSSR count). The maximum absolute atomic E-state index is 12.6. The van der Waals surface area contributed by atoms with E-state index in [-0.39, 0.29) is 6.03 Å². The molecule has 1 aromatic heterocycles. The predicted molar refractivity (Wildman–Crippen MR) is 128 cm³/mol. The van der Waals surface area contributed by atoms with Crippen molar-refractivity contribution in [3.05, 3.63) is 53.7 Å². The van der Waals surface area contributed by atoms with Crippen LogP contribution in [-0.2, 0) is 17.8 Å². The van der Waals surface area contributed by atoms with Crippen LogP contribution in [0.25, 0.3) is 0 Å². The largest absolute Gasteiger partial charge is 0.378 e. The fourth-order valence-corrected chi connectivity index (χ4v) is 4.30. The summed E-state index contributed by atoms with van der Waals surface area (Å²) in [5.41, 5.74) is 3.34. The Bertz CT molecular complexity index is 842. The molecule has 0 atom stereocenters. The zero-order chi connectivity index (χ0) is 22.2. The number of morpholine rings is 1. The molecule has 2 saturated heterocycles. The third kappa shape index (κ3) is 6.13. The lowest BCUT2D eigenvalue weighted by molar-refractivity contribution is 0.122. The second-order valence-corrected chi connectivity index (χ2v) is 8.71. The van der Waals surface area contributed by atoms with Gasteiger partial charge in [0, 0.05) is 58.2 Å². The number of nitrogens with zero attached hydrogens (tertiary/aromatic N) is 4. The van der Waals surface area contributed by atoms with Crippen LogP contribution in [0, 0.1) is 0 Å². The highest BCUT2D eigenvalue weighted by Gasteiger charge is 2.13. The SMILES string of the molecule is CN(Cc1ccc(N2CCOCC2)cc1)C(=O)NCc1ccc(N2CCCCCC2)nc1. The molecule has 0 radical (unpaired) electrons. The summed E-state index contributed by atoms with van der Waals surface area (Å²) in [6.07, 6.45) is 6.98. The number of anilines is 2. The average Bonchev–Trinajstić information content (AvgIpc) is 3.13. The van der Waals surface area contributed by atoms with Crippen molar-refractivity contribution in [1.82, 2.24) is 15.2 Å². The van der Waals surface area contributed by atoms with Crippen LogP contribution in [0.2, 0.25) is 0 Å². The third-order valence-electron chi connectivity index (χ3n) is 6.26. The summed E-state index contributed by atoms with van der Waals surface area (Å²) in [7, 11) is 1.83. The van der Waals surface area contributed by atoms with Gasteiger partial charge in [0.1, 0.15) is 5.82 Å². The fourth-order valence-electron chi connectivity index (χ4n) is 4.30. The number of pyridine rings is 1. The highest BCUT2D eigenvalue weighted by Crippen LogP contribution is 2.18. The first-order valence-corrected chi connectivity index (χ1v) is 11.8. The topological polar surface area (TPSA) is 60.9 Å². The van der Waals surface area contributed by atoms with Crippen molar-refractivity contribution in [2.45, 2.75) is 38.8 Å². The Morgan fingerprint density at radius 3 is 2.28 bits per heavy atom. The molecule has 0 saturated carbocycles. The summed E-state index contributed by atoms with van der Waals surface area (Å²) in [6.45, 7) is 6.63. The molecule has 7 heteroatoms. The predicted octanol–water partition coefficient (Wildman–Crippen LogP) is 3.64.